The number of nitrogens with two attached hydrogens (primary N) is 1. The summed E-state index contributed by atoms with van der Waals surface area (Å²) in [6.45, 7) is 6.88. The van der Waals surface area contributed by atoms with Crippen LogP contribution < -0.4 is 15.8 Å². The van der Waals surface area contributed by atoms with Crippen molar-refractivity contribution >= 4 is 5.97 Å². The molecule has 0 aliphatic carbocycles. The maximum atomic E-state index is 12.2. The Labute approximate surface area is 195 Å². The molecule has 0 unspecified atom stereocenters. The molecule has 33 heavy (non-hydrogen) atoms. The average Bonchev–Trinajstić information content (AvgIpc) is 2.84. The van der Waals surface area contributed by atoms with Gasteiger partial charge in [0.2, 0.25) is 0 Å². The molecule has 3 rings (SSSR count). The van der Waals surface area contributed by atoms with E-state index in [9.17, 15) is 4.79 Å². The topological polar surface area (TPSA) is 117 Å². The second-order valence-electron chi connectivity index (χ2n) is 8.76. The highest BCUT2D eigenvalue weighted by atomic mass is 16.5. The maximum absolute atomic E-state index is 12.2. The summed E-state index contributed by atoms with van der Waals surface area (Å²) < 4.78 is 5.50. The third-order valence-corrected chi connectivity index (χ3v) is 5.93. The van der Waals surface area contributed by atoms with Crippen molar-refractivity contribution in [3.63, 3.8) is 0 Å². The van der Waals surface area contributed by atoms with Gasteiger partial charge in [-0.3, -0.25) is 9.88 Å². The number of esters is 1. The van der Waals surface area contributed by atoms with E-state index in [0.717, 1.165) is 31.6 Å². The first-order chi connectivity index (χ1) is 16.0. The van der Waals surface area contributed by atoms with Gasteiger partial charge >= 0.3 is 5.97 Å². The molecule has 4 N–H and O–H groups in total. The Morgan fingerprint density at radius 1 is 1.30 bits per heavy atom. The molecule has 0 bridgehead atoms. The lowest BCUT2D eigenvalue weighted by atomic mass is 9.89. The molecule has 1 atom stereocenters. The number of pyridine rings is 1. The van der Waals surface area contributed by atoms with Crippen molar-refractivity contribution in [2.45, 2.75) is 45.2 Å². The van der Waals surface area contributed by atoms with Crippen LogP contribution in [0.25, 0.3) is 0 Å². The Morgan fingerprint density at radius 3 is 2.76 bits per heavy atom. The molecule has 1 aliphatic heterocycles. The van der Waals surface area contributed by atoms with Gasteiger partial charge in [-0.1, -0.05) is 32.0 Å². The third-order valence-electron chi connectivity index (χ3n) is 5.93. The number of aromatic nitrogens is 1. The molecule has 2 heterocycles. The summed E-state index contributed by atoms with van der Waals surface area (Å²) in [7, 11) is 0. The van der Waals surface area contributed by atoms with Gasteiger partial charge in [-0.2, -0.15) is 5.11 Å². The molecular formula is C25H34N6O2. The smallest absolute Gasteiger partial charge is 0.328 e. The minimum atomic E-state index is -0.625. The zero-order valence-electron chi connectivity index (χ0n) is 19.4. The standard InChI is InChI=1S/C25H34N6O2/c1-18(2)24(26)25(32)33-23-8-5-6-20(14-23)19-9-12-31(13-10-19)17-22(30-27)16-28-15-21-7-3-4-11-29-21/h3-8,11,14,16,18-19,24,27-28H,9-10,12-13,15,17,26H2,1-2H3/b22-16-,30-27?/t24-/m0/s1. The van der Waals surface area contributed by atoms with Crippen molar-refractivity contribution in [3.8, 4) is 5.75 Å². The highest BCUT2D eigenvalue weighted by molar-refractivity contribution is 5.78. The number of carbonyl (C=O) groups excluding carboxylic acids is 1. The minimum absolute atomic E-state index is 0.0320. The van der Waals surface area contributed by atoms with Gasteiger partial charge in [0.25, 0.3) is 0 Å². The van der Waals surface area contributed by atoms with Crippen LogP contribution in [0.1, 0.15) is 43.9 Å². The van der Waals surface area contributed by atoms with Gasteiger partial charge in [0.05, 0.1) is 17.9 Å². The van der Waals surface area contributed by atoms with Gasteiger partial charge in [0.1, 0.15) is 11.8 Å². The number of ether oxygens (including phenoxy) is 1. The van der Waals surface area contributed by atoms with Crippen LogP contribution in [-0.4, -0.2) is 41.5 Å². The number of likely N-dealkylation sites (tertiary alicyclic amines) is 1. The average molecular weight is 451 g/mol. The lowest BCUT2D eigenvalue weighted by Gasteiger charge is -2.32. The second kappa shape index (κ2) is 12.2. The lowest BCUT2D eigenvalue weighted by molar-refractivity contribution is -0.136. The van der Waals surface area contributed by atoms with Crippen molar-refractivity contribution in [2.24, 2.45) is 16.8 Å². The monoisotopic (exact) mass is 450 g/mol. The summed E-state index contributed by atoms with van der Waals surface area (Å²) in [5.41, 5.74) is 16.2. The zero-order valence-corrected chi connectivity index (χ0v) is 19.4. The first kappa shape index (κ1) is 24.5. The number of hydrogen-bond donors (Lipinski definition) is 3. The van der Waals surface area contributed by atoms with Gasteiger partial charge in [0, 0.05) is 18.9 Å². The van der Waals surface area contributed by atoms with Crippen molar-refractivity contribution in [1.82, 2.24) is 15.2 Å². The fraction of sp³-hybridized carbons (Fsp3) is 0.440. The predicted molar refractivity (Wildman–Crippen MR) is 128 cm³/mol. The zero-order chi connectivity index (χ0) is 23.6. The van der Waals surface area contributed by atoms with E-state index >= 15 is 0 Å². The molecule has 1 aromatic heterocycles. The van der Waals surface area contributed by atoms with Crippen LogP contribution in [-0.2, 0) is 11.3 Å². The normalized spacial score (nSPS) is 16.4. The predicted octanol–water partition coefficient (Wildman–Crippen LogP) is 3.81. The van der Waals surface area contributed by atoms with Gasteiger partial charge < -0.3 is 15.8 Å². The first-order valence-electron chi connectivity index (χ1n) is 11.5. The van der Waals surface area contributed by atoms with Gasteiger partial charge in [-0.15, -0.1) is 0 Å². The Bertz CT molecular complexity index is 939. The minimum Gasteiger partial charge on any atom is -0.425 e. The van der Waals surface area contributed by atoms with E-state index < -0.39 is 12.0 Å². The van der Waals surface area contributed by atoms with E-state index in [-0.39, 0.29) is 5.92 Å². The summed E-state index contributed by atoms with van der Waals surface area (Å²) in [6.07, 6.45) is 5.56. The molecule has 1 aromatic carbocycles. The lowest BCUT2D eigenvalue weighted by Crippen LogP contribution is -2.38. The summed E-state index contributed by atoms with van der Waals surface area (Å²) in [4.78, 5) is 18.8. The summed E-state index contributed by atoms with van der Waals surface area (Å²) in [5.74, 6) is 0.589. The molecule has 8 nitrogen and oxygen atoms in total. The van der Waals surface area contributed by atoms with Crippen LogP contribution in [0.15, 0.2) is 65.7 Å². The highest BCUT2D eigenvalue weighted by Gasteiger charge is 2.23. The van der Waals surface area contributed by atoms with Crippen LogP contribution in [0.2, 0.25) is 0 Å². The van der Waals surface area contributed by atoms with Gasteiger partial charge in [-0.05, 0) is 67.6 Å². The third kappa shape index (κ3) is 7.47. The quantitative estimate of drug-likeness (QED) is 0.288. The molecule has 1 fully saturated rings. The fourth-order valence-electron chi connectivity index (χ4n) is 3.83. The Balaban J connectivity index is 1.49. The number of rotatable bonds is 10. The van der Waals surface area contributed by atoms with Crippen LogP contribution in [0, 0.1) is 11.4 Å². The van der Waals surface area contributed by atoms with E-state index in [2.05, 4.69) is 26.4 Å². The number of benzene rings is 1. The van der Waals surface area contributed by atoms with E-state index in [1.54, 1.807) is 18.5 Å². The van der Waals surface area contributed by atoms with Crippen LogP contribution in [0.5, 0.6) is 5.75 Å². The number of nitrogens with zero attached hydrogens (tertiary/aromatic N) is 3. The number of nitrogens with one attached hydrogen (secondary N) is 2. The first-order valence-corrected chi connectivity index (χ1v) is 11.5. The Morgan fingerprint density at radius 2 is 2.09 bits per heavy atom. The number of piperidine rings is 1. The highest BCUT2D eigenvalue weighted by Crippen LogP contribution is 2.30. The van der Waals surface area contributed by atoms with Crippen molar-refractivity contribution in [3.05, 3.63) is 71.8 Å². The molecule has 0 spiro atoms. The summed E-state index contributed by atoms with van der Waals surface area (Å²) >= 11 is 0. The molecule has 0 radical (unpaired) electrons. The van der Waals surface area contributed by atoms with Crippen molar-refractivity contribution in [1.29, 1.82) is 5.53 Å². The van der Waals surface area contributed by atoms with Crippen LogP contribution in [0.4, 0.5) is 0 Å². The Kier molecular flexibility index (Phi) is 9.09. The van der Waals surface area contributed by atoms with Crippen molar-refractivity contribution in [2.75, 3.05) is 19.6 Å². The fourth-order valence-corrected chi connectivity index (χ4v) is 3.83. The van der Waals surface area contributed by atoms with Crippen LogP contribution in [0.3, 0.4) is 0 Å². The number of hydrogen-bond acceptors (Lipinski definition) is 8. The SMILES string of the molecule is CC(C)[C@H](N)C(=O)Oc1cccc(C2CCN(C/C(=C/NCc3ccccn3)N=N)CC2)c1. The van der Waals surface area contributed by atoms with E-state index in [4.69, 9.17) is 16.0 Å². The molecule has 0 amide bonds. The van der Waals surface area contributed by atoms with Crippen LogP contribution >= 0.6 is 0 Å². The van der Waals surface area contributed by atoms with Gasteiger partial charge in [0.15, 0.2) is 0 Å². The maximum Gasteiger partial charge on any atom is 0.328 e. The molecule has 2 aromatic rings. The molecule has 0 saturated carbocycles. The molecular weight excluding hydrogens is 416 g/mol. The van der Waals surface area contributed by atoms with E-state index in [1.807, 2.05) is 44.2 Å². The molecule has 1 saturated heterocycles. The number of carbonyl (C=O) groups is 1. The Hall–Kier alpha value is -3.10. The van der Waals surface area contributed by atoms with E-state index in [1.165, 1.54) is 5.56 Å². The molecule has 1 aliphatic rings. The van der Waals surface area contributed by atoms with Crippen molar-refractivity contribution < 1.29 is 9.53 Å². The summed E-state index contributed by atoms with van der Waals surface area (Å²) in [5, 5.41) is 6.88. The molecule has 8 heteroatoms. The van der Waals surface area contributed by atoms with E-state index in [0.29, 0.717) is 30.5 Å². The van der Waals surface area contributed by atoms with Gasteiger partial charge in [-0.25, -0.2) is 10.3 Å². The molecule has 176 valence electrons. The second-order valence-corrected chi connectivity index (χ2v) is 8.76. The summed E-state index contributed by atoms with van der Waals surface area (Å²) in [6, 6.07) is 12.9. The largest absolute Gasteiger partial charge is 0.425 e.